The van der Waals surface area contributed by atoms with Crippen molar-refractivity contribution in [2.45, 2.75) is 19.4 Å². The highest BCUT2D eigenvalue weighted by molar-refractivity contribution is 6.30. The number of nitrogens with two attached hydrogens (primary N) is 1. The summed E-state index contributed by atoms with van der Waals surface area (Å²) in [6.07, 6.45) is 4.12. The van der Waals surface area contributed by atoms with Crippen molar-refractivity contribution >= 4 is 11.6 Å². The minimum atomic E-state index is 0.676. The van der Waals surface area contributed by atoms with Crippen LogP contribution in [-0.2, 0) is 6.54 Å². The number of nitrogens with zero attached hydrogens (tertiary/aromatic N) is 2. The van der Waals surface area contributed by atoms with Crippen LogP contribution in [0.5, 0.6) is 0 Å². The normalized spacial score (nSPS) is 17.2. The predicted octanol–water partition coefficient (Wildman–Crippen LogP) is 3.17. The highest BCUT2D eigenvalue weighted by Crippen LogP contribution is 2.24. The number of piperidine rings is 1. The van der Waals surface area contributed by atoms with Gasteiger partial charge in [0.2, 0.25) is 5.89 Å². The van der Waals surface area contributed by atoms with Crippen molar-refractivity contribution in [3.8, 4) is 11.3 Å². The maximum atomic E-state index is 5.90. The van der Waals surface area contributed by atoms with Crippen LogP contribution in [0.25, 0.3) is 11.3 Å². The largest absolute Gasteiger partial charge is 0.439 e. The van der Waals surface area contributed by atoms with Gasteiger partial charge in [-0.25, -0.2) is 4.98 Å². The van der Waals surface area contributed by atoms with Gasteiger partial charge in [0.25, 0.3) is 0 Å². The molecule has 4 nitrogen and oxygen atoms in total. The molecule has 0 aliphatic carbocycles. The summed E-state index contributed by atoms with van der Waals surface area (Å²) in [4.78, 5) is 6.76. The number of hydrogen-bond acceptors (Lipinski definition) is 4. The lowest BCUT2D eigenvalue weighted by atomic mass is 9.97. The molecule has 0 atom stereocenters. The van der Waals surface area contributed by atoms with Crippen molar-refractivity contribution in [3.05, 3.63) is 41.4 Å². The molecule has 112 valence electrons. The molecule has 5 heteroatoms. The van der Waals surface area contributed by atoms with Crippen LogP contribution >= 0.6 is 11.6 Å². The quantitative estimate of drug-likeness (QED) is 0.942. The van der Waals surface area contributed by atoms with Gasteiger partial charge in [0.1, 0.15) is 0 Å². The summed E-state index contributed by atoms with van der Waals surface area (Å²) in [5, 5.41) is 0.723. The fraction of sp³-hybridized carbons (Fsp3) is 0.438. The van der Waals surface area contributed by atoms with E-state index in [-0.39, 0.29) is 0 Å². The number of halogens is 1. The van der Waals surface area contributed by atoms with Crippen LogP contribution in [0, 0.1) is 5.92 Å². The smallest absolute Gasteiger partial charge is 0.209 e. The van der Waals surface area contributed by atoms with E-state index in [0.717, 1.165) is 48.4 Å². The zero-order valence-electron chi connectivity index (χ0n) is 12.0. The number of hydrogen-bond donors (Lipinski definition) is 1. The Labute approximate surface area is 129 Å². The van der Waals surface area contributed by atoms with E-state index in [9.17, 15) is 0 Å². The Kier molecular flexibility index (Phi) is 4.58. The third-order valence-corrected chi connectivity index (χ3v) is 4.33. The molecule has 1 fully saturated rings. The van der Waals surface area contributed by atoms with Crippen LogP contribution < -0.4 is 5.73 Å². The van der Waals surface area contributed by atoms with Crippen molar-refractivity contribution in [3.63, 3.8) is 0 Å². The topological polar surface area (TPSA) is 55.3 Å². The number of likely N-dealkylation sites (tertiary alicyclic amines) is 1. The van der Waals surface area contributed by atoms with Gasteiger partial charge >= 0.3 is 0 Å². The Morgan fingerprint density at radius 3 is 2.62 bits per heavy atom. The lowest BCUT2D eigenvalue weighted by Gasteiger charge is -2.30. The molecule has 0 amide bonds. The van der Waals surface area contributed by atoms with Crippen molar-refractivity contribution in [1.29, 1.82) is 0 Å². The lowest BCUT2D eigenvalue weighted by molar-refractivity contribution is 0.167. The number of aromatic nitrogens is 1. The average molecular weight is 306 g/mol. The third kappa shape index (κ3) is 3.64. The molecular weight excluding hydrogens is 286 g/mol. The fourth-order valence-electron chi connectivity index (χ4n) is 2.70. The van der Waals surface area contributed by atoms with Crippen molar-refractivity contribution < 1.29 is 4.42 Å². The molecule has 0 spiro atoms. The van der Waals surface area contributed by atoms with E-state index in [1.807, 2.05) is 24.3 Å². The second kappa shape index (κ2) is 6.60. The van der Waals surface area contributed by atoms with E-state index in [1.165, 1.54) is 12.8 Å². The maximum Gasteiger partial charge on any atom is 0.209 e. The second-order valence-electron chi connectivity index (χ2n) is 5.58. The van der Waals surface area contributed by atoms with Gasteiger partial charge in [-0.3, -0.25) is 4.90 Å². The molecule has 0 bridgehead atoms. The van der Waals surface area contributed by atoms with Crippen LogP contribution in [0.1, 0.15) is 18.7 Å². The summed E-state index contributed by atoms with van der Waals surface area (Å²) in [7, 11) is 0. The summed E-state index contributed by atoms with van der Waals surface area (Å²) < 4.78 is 5.84. The fourth-order valence-corrected chi connectivity index (χ4v) is 2.83. The summed E-state index contributed by atoms with van der Waals surface area (Å²) in [5.41, 5.74) is 6.72. The number of rotatable bonds is 4. The first-order chi connectivity index (χ1) is 10.2. The third-order valence-electron chi connectivity index (χ3n) is 4.08. The molecule has 2 aromatic rings. The first-order valence-corrected chi connectivity index (χ1v) is 7.75. The Morgan fingerprint density at radius 2 is 1.95 bits per heavy atom. The SMILES string of the molecule is NCC1CCN(Cc2ncc(-c3ccc(Cl)cc3)o2)CC1. The monoisotopic (exact) mass is 305 g/mol. The van der Waals surface area contributed by atoms with E-state index in [4.69, 9.17) is 21.8 Å². The second-order valence-corrected chi connectivity index (χ2v) is 6.02. The Bertz CT molecular complexity index is 573. The summed E-state index contributed by atoms with van der Waals surface area (Å²) in [6.45, 7) is 3.71. The van der Waals surface area contributed by atoms with E-state index in [2.05, 4.69) is 9.88 Å². The van der Waals surface area contributed by atoms with Crippen molar-refractivity contribution in [2.24, 2.45) is 11.7 Å². The molecule has 1 aromatic carbocycles. The molecule has 3 rings (SSSR count). The van der Waals surface area contributed by atoms with Gasteiger partial charge in [0.15, 0.2) is 5.76 Å². The van der Waals surface area contributed by atoms with Gasteiger partial charge in [-0.15, -0.1) is 0 Å². The molecule has 1 aliphatic rings. The van der Waals surface area contributed by atoms with Gasteiger partial charge in [-0.2, -0.15) is 0 Å². The first kappa shape index (κ1) is 14.6. The Hall–Kier alpha value is -1.36. The van der Waals surface area contributed by atoms with E-state index < -0.39 is 0 Å². The summed E-state index contributed by atoms with van der Waals surface area (Å²) >= 11 is 5.90. The van der Waals surface area contributed by atoms with Gasteiger partial charge < -0.3 is 10.2 Å². The number of oxazole rings is 1. The minimum Gasteiger partial charge on any atom is -0.439 e. The van der Waals surface area contributed by atoms with Crippen LogP contribution in [0.15, 0.2) is 34.9 Å². The van der Waals surface area contributed by atoms with Crippen LogP contribution in [0.3, 0.4) is 0 Å². The zero-order valence-corrected chi connectivity index (χ0v) is 12.7. The van der Waals surface area contributed by atoms with E-state index in [1.54, 1.807) is 6.20 Å². The molecule has 1 aliphatic heterocycles. The molecule has 0 unspecified atom stereocenters. The highest BCUT2D eigenvalue weighted by Gasteiger charge is 2.19. The van der Waals surface area contributed by atoms with Gasteiger partial charge in [0.05, 0.1) is 12.7 Å². The van der Waals surface area contributed by atoms with Gasteiger partial charge in [-0.1, -0.05) is 11.6 Å². The molecule has 2 heterocycles. The molecule has 2 N–H and O–H groups in total. The van der Waals surface area contributed by atoms with Crippen molar-refractivity contribution in [2.75, 3.05) is 19.6 Å². The molecular formula is C16H20ClN3O. The van der Waals surface area contributed by atoms with Crippen LogP contribution in [-0.4, -0.2) is 29.5 Å². The minimum absolute atomic E-state index is 0.676. The molecule has 0 radical (unpaired) electrons. The summed E-state index contributed by atoms with van der Waals surface area (Å²) in [5.74, 6) is 2.24. The Balaban J connectivity index is 1.62. The molecule has 1 saturated heterocycles. The predicted molar refractivity (Wildman–Crippen MR) is 84.0 cm³/mol. The standard InChI is InChI=1S/C16H20ClN3O/c17-14-3-1-13(2-4-14)15-10-19-16(21-15)11-20-7-5-12(9-18)6-8-20/h1-4,10,12H,5-9,11,18H2. The van der Waals surface area contributed by atoms with E-state index in [0.29, 0.717) is 5.92 Å². The van der Waals surface area contributed by atoms with Crippen molar-refractivity contribution in [1.82, 2.24) is 9.88 Å². The average Bonchev–Trinajstić information content (AvgIpc) is 2.97. The van der Waals surface area contributed by atoms with Crippen LogP contribution in [0.2, 0.25) is 5.02 Å². The van der Waals surface area contributed by atoms with E-state index >= 15 is 0 Å². The highest BCUT2D eigenvalue weighted by atomic mass is 35.5. The van der Waals surface area contributed by atoms with Gasteiger partial charge in [-0.05, 0) is 62.7 Å². The summed E-state index contributed by atoms with van der Waals surface area (Å²) in [6, 6.07) is 7.60. The molecule has 1 aromatic heterocycles. The van der Waals surface area contributed by atoms with Crippen LogP contribution in [0.4, 0.5) is 0 Å². The lowest BCUT2D eigenvalue weighted by Crippen LogP contribution is -2.35. The van der Waals surface area contributed by atoms with Gasteiger partial charge in [0, 0.05) is 10.6 Å². The Morgan fingerprint density at radius 1 is 1.24 bits per heavy atom. The molecule has 0 saturated carbocycles. The first-order valence-electron chi connectivity index (χ1n) is 7.37. The zero-order chi connectivity index (χ0) is 14.7. The molecule has 21 heavy (non-hydrogen) atoms. The number of benzene rings is 1. The maximum absolute atomic E-state index is 5.90.